The molecule has 0 radical (unpaired) electrons. The molecule has 2 nitrogen and oxygen atoms in total. The topological polar surface area (TPSA) is 37.3 Å². The fourth-order valence-corrected chi connectivity index (χ4v) is 0. The first-order valence-electron chi connectivity index (χ1n) is 1.51. The zero-order chi connectivity index (χ0) is 5.15. The maximum absolute atomic E-state index is 9.57. The van der Waals surface area contributed by atoms with Crippen molar-refractivity contribution < 1.29 is 9.90 Å². The van der Waals surface area contributed by atoms with Gasteiger partial charge in [0.2, 0.25) is 0 Å². The van der Waals surface area contributed by atoms with Gasteiger partial charge in [0.1, 0.15) is 5.38 Å². The molecular formula is C3H6ClLiO2. The molecule has 1 N–H and O–H groups in total. The van der Waals surface area contributed by atoms with Gasteiger partial charge in [0, 0.05) is 0 Å². The summed E-state index contributed by atoms with van der Waals surface area (Å²) in [5, 5.41) is 7.10. The van der Waals surface area contributed by atoms with E-state index in [1.54, 1.807) is 0 Å². The normalized spacial score (nSPS) is 11.7. The molecule has 38 valence electrons. The Morgan fingerprint density at radius 1 is 1.86 bits per heavy atom. The van der Waals surface area contributed by atoms with Crippen LogP contribution >= 0.6 is 11.6 Å². The quantitative estimate of drug-likeness (QED) is 0.388. The number of rotatable bonds is 1. The van der Waals surface area contributed by atoms with Gasteiger partial charge in [-0.2, -0.15) is 0 Å². The SMILES string of the molecule is CC(Cl)C(=O)O.[LiH]. The predicted molar refractivity (Wildman–Crippen MR) is 30.1 cm³/mol. The summed E-state index contributed by atoms with van der Waals surface area (Å²) in [4.78, 5) is 9.57. The van der Waals surface area contributed by atoms with Gasteiger partial charge < -0.3 is 5.11 Å². The summed E-state index contributed by atoms with van der Waals surface area (Å²) in [6.45, 7) is 1.41. The van der Waals surface area contributed by atoms with Crippen LogP contribution in [0.4, 0.5) is 0 Å². The minimum atomic E-state index is -0.975. The van der Waals surface area contributed by atoms with Crippen LogP contribution in [0.3, 0.4) is 0 Å². The number of hydrogen-bond acceptors (Lipinski definition) is 1. The number of carboxylic acids is 1. The van der Waals surface area contributed by atoms with Crippen molar-refractivity contribution in [3.05, 3.63) is 0 Å². The average Bonchev–Trinajstić information content (AvgIpc) is 1.36. The molecule has 0 heterocycles. The van der Waals surface area contributed by atoms with Crippen LogP contribution in [0.2, 0.25) is 0 Å². The van der Waals surface area contributed by atoms with E-state index in [4.69, 9.17) is 16.7 Å². The standard InChI is InChI=1S/C3H5ClO2.Li.H/c1-2(4)3(5)6;;/h2H,1H3,(H,5,6);;. The van der Waals surface area contributed by atoms with Crippen molar-refractivity contribution in [3.63, 3.8) is 0 Å². The van der Waals surface area contributed by atoms with E-state index in [1.165, 1.54) is 6.92 Å². The van der Waals surface area contributed by atoms with E-state index in [2.05, 4.69) is 0 Å². The minimum absolute atomic E-state index is 0. The third kappa shape index (κ3) is 6.36. The van der Waals surface area contributed by atoms with Crippen LogP contribution in [0.25, 0.3) is 0 Å². The summed E-state index contributed by atoms with van der Waals surface area (Å²) in [6, 6.07) is 0. The van der Waals surface area contributed by atoms with Crippen molar-refractivity contribution in [1.82, 2.24) is 0 Å². The number of carbonyl (C=O) groups is 1. The molecule has 0 saturated heterocycles. The summed E-state index contributed by atoms with van der Waals surface area (Å²) >= 11 is 5.01. The molecule has 0 aliphatic rings. The van der Waals surface area contributed by atoms with Crippen LogP contribution in [-0.2, 0) is 4.79 Å². The molecule has 0 aliphatic heterocycles. The summed E-state index contributed by atoms with van der Waals surface area (Å²) in [6.07, 6.45) is 0. The molecule has 1 atom stereocenters. The summed E-state index contributed by atoms with van der Waals surface area (Å²) in [5.41, 5.74) is 0. The fourth-order valence-electron chi connectivity index (χ4n) is 0. The monoisotopic (exact) mass is 116 g/mol. The van der Waals surface area contributed by atoms with Crippen LogP contribution in [0, 0.1) is 0 Å². The number of hydrogen-bond donors (Lipinski definition) is 1. The Morgan fingerprint density at radius 3 is 2.00 bits per heavy atom. The second-order valence-electron chi connectivity index (χ2n) is 0.954. The van der Waals surface area contributed by atoms with E-state index in [-0.39, 0.29) is 18.9 Å². The van der Waals surface area contributed by atoms with Gasteiger partial charge in [0.25, 0.3) is 0 Å². The molecule has 1 unspecified atom stereocenters. The van der Waals surface area contributed by atoms with E-state index < -0.39 is 11.3 Å². The van der Waals surface area contributed by atoms with Gasteiger partial charge in [-0.3, -0.25) is 4.79 Å². The maximum atomic E-state index is 9.57. The number of aliphatic carboxylic acids is 1. The van der Waals surface area contributed by atoms with E-state index in [9.17, 15) is 4.79 Å². The molecule has 7 heavy (non-hydrogen) atoms. The molecule has 0 saturated carbocycles. The molecule has 0 bridgehead atoms. The zero-order valence-corrected chi connectivity index (χ0v) is 4.07. The van der Waals surface area contributed by atoms with Gasteiger partial charge in [-0.1, -0.05) is 0 Å². The van der Waals surface area contributed by atoms with E-state index in [1.807, 2.05) is 0 Å². The van der Waals surface area contributed by atoms with Crippen LogP contribution in [0.5, 0.6) is 0 Å². The third-order valence-corrected chi connectivity index (χ3v) is 0.527. The van der Waals surface area contributed by atoms with Gasteiger partial charge >= 0.3 is 24.8 Å². The zero-order valence-electron chi connectivity index (χ0n) is 3.31. The Kier molecular flexibility index (Phi) is 6.68. The van der Waals surface area contributed by atoms with Gasteiger partial charge in [0.05, 0.1) is 0 Å². The van der Waals surface area contributed by atoms with Crippen molar-refractivity contribution in [1.29, 1.82) is 0 Å². The molecule has 4 heteroatoms. The van der Waals surface area contributed by atoms with Gasteiger partial charge in [0.15, 0.2) is 0 Å². The van der Waals surface area contributed by atoms with Crippen molar-refractivity contribution >= 4 is 36.4 Å². The van der Waals surface area contributed by atoms with Crippen LogP contribution in [0.1, 0.15) is 6.92 Å². The first-order valence-corrected chi connectivity index (χ1v) is 1.95. The first kappa shape index (κ1) is 10.4. The van der Waals surface area contributed by atoms with Gasteiger partial charge in [-0.15, -0.1) is 11.6 Å². The molecule has 0 aromatic rings. The number of alkyl halides is 1. The first-order chi connectivity index (χ1) is 2.64. The van der Waals surface area contributed by atoms with Crippen molar-refractivity contribution in [2.24, 2.45) is 0 Å². The molecule has 0 amide bonds. The van der Waals surface area contributed by atoms with E-state index in [0.717, 1.165) is 0 Å². The fraction of sp³-hybridized carbons (Fsp3) is 0.667. The Balaban J connectivity index is 0. The second-order valence-corrected chi connectivity index (χ2v) is 1.61. The number of halogens is 1. The van der Waals surface area contributed by atoms with Crippen molar-refractivity contribution in [3.8, 4) is 0 Å². The van der Waals surface area contributed by atoms with E-state index in [0.29, 0.717) is 0 Å². The molecule has 0 aromatic heterocycles. The molecule has 0 aromatic carbocycles. The molecule has 0 fully saturated rings. The van der Waals surface area contributed by atoms with E-state index >= 15 is 0 Å². The second kappa shape index (κ2) is 4.51. The Morgan fingerprint density at radius 2 is 2.00 bits per heavy atom. The van der Waals surface area contributed by atoms with Gasteiger partial charge in [-0.05, 0) is 6.92 Å². The molecule has 0 aliphatic carbocycles. The molecule has 0 spiro atoms. The summed E-state index contributed by atoms with van der Waals surface area (Å²) in [7, 11) is 0. The van der Waals surface area contributed by atoms with Crippen LogP contribution in [0.15, 0.2) is 0 Å². The Hall–Kier alpha value is 0.357. The average molecular weight is 116 g/mol. The molecular weight excluding hydrogens is 110 g/mol. The Labute approximate surface area is 59.0 Å². The summed E-state index contributed by atoms with van der Waals surface area (Å²) in [5.74, 6) is -0.975. The van der Waals surface area contributed by atoms with Crippen molar-refractivity contribution in [2.75, 3.05) is 0 Å². The predicted octanol–water partition coefficient (Wildman–Crippen LogP) is 0.0498. The van der Waals surface area contributed by atoms with Crippen LogP contribution < -0.4 is 0 Å². The van der Waals surface area contributed by atoms with Gasteiger partial charge in [-0.25, -0.2) is 0 Å². The van der Waals surface area contributed by atoms with Crippen LogP contribution in [-0.4, -0.2) is 35.3 Å². The third-order valence-electron chi connectivity index (χ3n) is 0.340. The Bertz CT molecular complexity index is 64.0. The van der Waals surface area contributed by atoms with Crippen molar-refractivity contribution in [2.45, 2.75) is 12.3 Å². The summed E-state index contributed by atoms with van der Waals surface area (Å²) < 4.78 is 0. The molecule has 0 rings (SSSR count). The number of carboxylic acid groups (broad SMARTS) is 1.